The molecule has 0 N–H and O–H groups in total. The Balaban J connectivity index is 0.000000177. The Bertz CT molecular complexity index is 2160. The van der Waals surface area contributed by atoms with Crippen molar-refractivity contribution in [1.82, 2.24) is 29.9 Å². The van der Waals surface area contributed by atoms with Gasteiger partial charge in [-0.3, -0.25) is 19.9 Å². The van der Waals surface area contributed by atoms with Crippen LogP contribution in [0.4, 0.5) is 0 Å². The van der Waals surface area contributed by atoms with Gasteiger partial charge < -0.3 is 9.47 Å². The standard InChI is InChI=1S/2C25H23N3O/c2*1-2-3-16-29-23-6-4-19(5-7-23)22-17-24(20-8-12-26-13-9-20)28-25(18-22)21-10-14-27-15-11-21/h2*4-15,17-18H,2-3,16H2,1H3. The third-order valence-corrected chi connectivity index (χ3v) is 9.46. The van der Waals surface area contributed by atoms with Gasteiger partial charge in [-0.15, -0.1) is 0 Å². The second-order valence-corrected chi connectivity index (χ2v) is 13.6. The molecule has 6 heterocycles. The molecule has 8 rings (SSSR count). The molecule has 0 aliphatic carbocycles. The van der Waals surface area contributed by atoms with E-state index in [2.05, 4.69) is 82.3 Å². The Kier molecular flexibility index (Phi) is 13.7. The molecule has 0 radical (unpaired) electrons. The second kappa shape index (κ2) is 20.2. The number of hydrogen-bond acceptors (Lipinski definition) is 8. The summed E-state index contributed by atoms with van der Waals surface area (Å²) in [4.78, 5) is 26.3. The van der Waals surface area contributed by atoms with Crippen molar-refractivity contribution in [2.45, 2.75) is 39.5 Å². The van der Waals surface area contributed by atoms with Crippen LogP contribution in [0.5, 0.6) is 11.5 Å². The summed E-state index contributed by atoms with van der Waals surface area (Å²) in [7, 11) is 0. The van der Waals surface area contributed by atoms with Gasteiger partial charge in [0.05, 0.1) is 36.0 Å². The summed E-state index contributed by atoms with van der Waals surface area (Å²) in [5.74, 6) is 1.81. The van der Waals surface area contributed by atoms with Crippen LogP contribution >= 0.6 is 0 Å². The lowest BCUT2D eigenvalue weighted by molar-refractivity contribution is 0.309. The van der Waals surface area contributed by atoms with E-state index in [1.165, 1.54) is 0 Å². The van der Waals surface area contributed by atoms with Gasteiger partial charge in [0.25, 0.3) is 0 Å². The summed E-state index contributed by atoms with van der Waals surface area (Å²) in [6.07, 6.45) is 18.7. The van der Waals surface area contributed by atoms with E-state index in [9.17, 15) is 0 Å². The van der Waals surface area contributed by atoms with Gasteiger partial charge in [0.1, 0.15) is 11.5 Å². The number of pyridine rings is 6. The first kappa shape index (κ1) is 39.2. The molecule has 2 aromatic carbocycles. The highest BCUT2D eigenvalue weighted by atomic mass is 16.5. The summed E-state index contributed by atoms with van der Waals surface area (Å²) < 4.78 is 11.6. The highest BCUT2D eigenvalue weighted by Crippen LogP contribution is 2.32. The molecule has 288 valence electrons. The third kappa shape index (κ3) is 10.6. The average molecular weight is 763 g/mol. The number of rotatable bonds is 14. The van der Waals surface area contributed by atoms with Crippen molar-refractivity contribution in [3.8, 4) is 78.8 Å². The Labute approximate surface area is 340 Å². The molecule has 0 bridgehead atoms. The van der Waals surface area contributed by atoms with Crippen LogP contribution in [0.25, 0.3) is 67.3 Å². The molecule has 0 atom stereocenters. The number of unbranched alkanes of at least 4 members (excludes halogenated alkanes) is 2. The predicted molar refractivity (Wildman–Crippen MR) is 233 cm³/mol. The van der Waals surface area contributed by atoms with E-state index in [4.69, 9.17) is 19.4 Å². The largest absolute Gasteiger partial charge is 0.494 e. The van der Waals surface area contributed by atoms with Gasteiger partial charge in [-0.2, -0.15) is 0 Å². The fourth-order valence-electron chi connectivity index (χ4n) is 6.23. The van der Waals surface area contributed by atoms with Crippen LogP contribution in [0.15, 0.2) is 171 Å². The zero-order valence-corrected chi connectivity index (χ0v) is 32.9. The molecule has 0 spiro atoms. The number of nitrogens with zero attached hydrogens (tertiary/aromatic N) is 6. The molecule has 8 heteroatoms. The Morgan fingerprint density at radius 1 is 0.328 bits per heavy atom. The third-order valence-electron chi connectivity index (χ3n) is 9.46. The van der Waals surface area contributed by atoms with Gasteiger partial charge in [0.2, 0.25) is 0 Å². The van der Waals surface area contributed by atoms with E-state index in [0.717, 1.165) is 118 Å². The summed E-state index contributed by atoms with van der Waals surface area (Å²) >= 11 is 0. The molecule has 0 amide bonds. The maximum Gasteiger partial charge on any atom is 0.119 e. The Morgan fingerprint density at radius 3 is 0.862 bits per heavy atom. The van der Waals surface area contributed by atoms with Gasteiger partial charge in [0.15, 0.2) is 0 Å². The van der Waals surface area contributed by atoms with E-state index in [-0.39, 0.29) is 0 Å². The van der Waals surface area contributed by atoms with E-state index < -0.39 is 0 Å². The normalized spacial score (nSPS) is 10.7. The minimum Gasteiger partial charge on any atom is -0.494 e. The molecule has 6 aromatic heterocycles. The topological polar surface area (TPSA) is 95.8 Å². The van der Waals surface area contributed by atoms with Crippen molar-refractivity contribution in [3.63, 3.8) is 0 Å². The molecule has 0 fully saturated rings. The minimum absolute atomic E-state index is 0.753. The quantitative estimate of drug-likeness (QED) is 0.101. The highest BCUT2D eigenvalue weighted by molar-refractivity contribution is 5.78. The zero-order valence-electron chi connectivity index (χ0n) is 32.9. The van der Waals surface area contributed by atoms with E-state index in [1.54, 1.807) is 49.6 Å². The number of ether oxygens (including phenoxy) is 2. The highest BCUT2D eigenvalue weighted by Gasteiger charge is 2.11. The van der Waals surface area contributed by atoms with Crippen molar-refractivity contribution in [2.24, 2.45) is 0 Å². The van der Waals surface area contributed by atoms with Crippen molar-refractivity contribution in [3.05, 3.63) is 171 Å². The lowest BCUT2D eigenvalue weighted by Crippen LogP contribution is -1.96. The molecular weight excluding hydrogens is 717 g/mol. The van der Waals surface area contributed by atoms with Gasteiger partial charge in [-0.25, -0.2) is 9.97 Å². The molecule has 0 aliphatic heterocycles. The molecule has 0 saturated carbocycles. The van der Waals surface area contributed by atoms with Crippen LogP contribution in [0.1, 0.15) is 39.5 Å². The molecule has 58 heavy (non-hydrogen) atoms. The minimum atomic E-state index is 0.753. The molecular formula is C50H46N6O2. The first-order chi connectivity index (χ1) is 28.7. The Hall–Kier alpha value is -7.06. The smallest absolute Gasteiger partial charge is 0.119 e. The molecule has 0 saturated heterocycles. The van der Waals surface area contributed by atoms with Gasteiger partial charge >= 0.3 is 0 Å². The maximum atomic E-state index is 5.80. The number of aromatic nitrogens is 6. The number of benzene rings is 2. The lowest BCUT2D eigenvalue weighted by atomic mass is 10.0. The Morgan fingerprint density at radius 2 is 0.603 bits per heavy atom. The van der Waals surface area contributed by atoms with Crippen LogP contribution in [-0.2, 0) is 0 Å². The van der Waals surface area contributed by atoms with Crippen molar-refractivity contribution in [2.75, 3.05) is 13.2 Å². The average Bonchev–Trinajstić information content (AvgIpc) is 3.31. The molecule has 0 aliphatic rings. The van der Waals surface area contributed by atoms with E-state index in [1.807, 2.05) is 72.8 Å². The SMILES string of the molecule is CCCCOc1ccc(-c2cc(-c3ccncc3)nc(-c3ccncc3)c2)cc1.CCCCOc1ccc(-c2cc(-c3ccncc3)nc(-c3ccncc3)c2)cc1. The van der Waals surface area contributed by atoms with E-state index in [0.29, 0.717) is 0 Å². The summed E-state index contributed by atoms with van der Waals surface area (Å²) in [6, 6.07) is 40.8. The van der Waals surface area contributed by atoms with Crippen molar-refractivity contribution in [1.29, 1.82) is 0 Å². The first-order valence-electron chi connectivity index (χ1n) is 19.8. The molecule has 8 aromatic rings. The van der Waals surface area contributed by atoms with Gasteiger partial charge in [0, 0.05) is 71.8 Å². The van der Waals surface area contributed by atoms with Crippen molar-refractivity contribution >= 4 is 0 Å². The summed E-state index contributed by atoms with van der Waals surface area (Å²) in [6.45, 7) is 5.83. The molecule has 8 nitrogen and oxygen atoms in total. The zero-order chi connectivity index (χ0) is 39.8. The van der Waals surface area contributed by atoms with Crippen LogP contribution in [0.2, 0.25) is 0 Å². The van der Waals surface area contributed by atoms with Crippen LogP contribution in [0, 0.1) is 0 Å². The molecule has 0 unspecified atom stereocenters. The summed E-state index contributed by atoms with van der Waals surface area (Å²) in [5.41, 5.74) is 12.3. The fourth-order valence-corrected chi connectivity index (χ4v) is 6.23. The van der Waals surface area contributed by atoms with Crippen molar-refractivity contribution < 1.29 is 9.47 Å². The van der Waals surface area contributed by atoms with Gasteiger partial charge in [-0.1, -0.05) is 51.0 Å². The van der Waals surface area contributed by atoms with Crippen LogP contribution < -0.4 is 9.47 Å². The predicted octanol–water partition coefficient (Wildman–Crippen LogP) is 12.1. The van der Waals surface area contributed by atoms with Crippen LogP contribution in [0.3, 0.4) is 0 Å². The first-order valence-corrected chi connectivity index (χ1v) is 19.8. The lowest BCUT2D eigenvalue weighted by Gasteiger charge is -2.11. The maximum absolute atomic E-state index is 5.80. The van der Waals surface area contributed by atoms with Gasteiger partial charge in [-0.05, 0) is 132 Å². The van der Waals surface area contributed by atoms with Crippen LogP contribution in [-0.4, -0.2) is 43.1 Å². The summed E-state index contributed by atoms with van der Waals surface area (Å²) in [5, 5.41) is 0. The fraction of sp³-hybridized carbons (Fsp3) is 0.160. The second-order valence-electron chi connectivity index (χ2n) is 13.6. The number of hydrogen-bond donors (Lipinski definition) is 0. The van der Waals surface area contributed by atoms with E-state index >= 15 is 0 Å². The monoisotopic (exact) mass is 762 g/mol.